The van der Waals surface area contributed by atoms with Crippen molar-refractivity contribution in [3.63, 3.8) is 0 Å². The molecular formula is C13H26N2O. The second-order valence-corrected chi connectivity index (χ2v) is 4.96. The maximum absolute atomic E-state index is 12.0. The largest absolute Gasteiger partial charge is 0.342 e. The van der Waals surface area contributed by atoms with Crippen LogP contribution in [0.1, 0.15) is 40.5 Å². The highest BCUT2D eigenvalue weighted by molar-refractivity contribution is 5.81. The van der Waals surface area contributed by atoms with Gasteiger partial charge < -0.3 is 10.2 Å². The minimum absolute atomic E-state index is 0.0406. The van der Waals surface area contributed by atoms with Crippen molar-refractivity contribution in [3.05, 3.63) is 0 Å². The summed E-state index contributed by atoms with van der Waals surface area (Å²) in [4.78, 5) is 13.9. The molecule has 0 aromatic rings. The molecule has 2 atom stereocenters. The third kappa shape index (κ3) is 3.78. The van der Waals surface area contributed by atoms with E-state index < -0.39 is 0 Å². The van der Waals surface area contributed by atoms with E-state index in [9.17, 15) is 4.79 Å². The Morgan fingerprint density at radius 3 is 2.31 bits per heavy atom. The summed E-state index contributed by atoms with van der Waals surface area (Å²) in [7, 11) is 0. The number of rotatable bonds is 7. The van der Waals surface area contributed by atoms with Crippen molar-refractivity contribution < 1.29 is 4.79 Å². The molecule has 1 aliphatic carbocycles. The molecule has 0 aromatic heterocycles. The highest BCUT2D eigenvalue weighted by atomic mass is 16.2. The normalized spacial score (nSPS) is 19.2. The molecule has 2 unspecified atom stereocenters. The topological polar surface area (TPSA) is 32.3 Å². The van der Waals surface area contributed by atoms with Crippen molar-refractivity contribution in [2.45, 2.75) is 46.6 Å². The number of carbonyl (C=O) groups excluding carboxylic acids is 1. The Bertz CT molecular complexity index is 222. The minimum atomic E-state index is -0.0406. The number of nitrogens with zero attached hydrogens (tertiary/aromatic N) is 1. The molecule has 0 aromatic carbocycles. The molecule has 0 aliphatic heterocycles. The third-order valence-corrected chi connectivity index (χ3v) is 3.62. The van der Waals surface area contributed by atoms with Crippen LogP contribution in [0.5, 0.6) is 0 Å². The quantitative estimate of drug-likeness (QED) is 0.719. The first-order chi connectivity index (χ1) is 7.60. The van der Waals surface area contributed by atoms with Crippen LogP contribution in [-0.2, 0) is 4.79 Å². The summed E-state index contributed by atoms with van der Waals surface area (Å²) in [6.45, 7) is 10.9. The molecule has 3 nitrogen and oxygen atoms in total. The SMILES string of the molecule is CCN(CC)C(=O)C(C)NCC(C)C1CC1. The molecule has 1 amide bonds. The fourth-order valence-corrected chi connectivity index (χ4v) is 2.09. The summed E-state index contributed by atoms with van der Waals surface area (Å²) in [5.41, 5.74) is 0. The van der Waals surface area contributed by atoms with Gasteiger partial charge >= 0.3 is 0 Å². The summed E-state index contributed by atoms with van der Waals surface area (Å²) < 4.78 is 0. The maximum Gasteiger partial charge on any atom is 0.239 e. The van der Waals surface area contributed by atoms with Gasteiger partial charge in [0, 0.05) is 13.1 Å². The van der Waals surface area contributed by atoms with Gasteiger partial charge in [-0.25, -0.2) is 0 Å². The zero-order valence-corrected chi connectivity index (χ0v) is 11.1. The lowest BCUT2D eigenvalue weighted by atomic mass is 10.1. The van der Waals surface area contributed by atoms with Gasteiger partial charge in [-0.15, -0.1) is 0 Å². The Morgan fingerprint density at radius 2 is 1.88 bits per heavy atom. The lowest BCUT2D eigenvalue weighted by Gasteiger charge is -2.24. The predicted molar refractivity (Wildman–Crippen MR) is 67.3 cm³/mol. The molecule has 16 heavy (non-hydrogen) atoms. The molecule has 1 fully saturated rings. The van der Waals surface area contributed by atoms with Crippen LogP contribution in [0.25, 0.3) is 0 Å². The van der Waals surface area contributed by atoms with Crippen molar-refractivity contribution >= 4 is 5.91 Å². The van der Waals surface area contributed by atoms with E-state index in [4.69, 9.17) is 0 Å². The molecule has 0 bridgehead atoms. The molecule has 1 aliphatic rings. The molecule has 0 radical (unpaired) electrons. The van der Waals surface area contributed by atoms with Crippen LogP contribution in [-0.4, -0.2) is 36.5 Å². The first kappa shape index (κ1) is 13.5. The van der Waals surface area contributed by atoms with Crippen LogP contribution in [0.2, 0.25) is 0 Å². The van der Waals surface area contributed by atoms with Crippen LogP contribution in [0.15, 0.2) is 0 Å². The van der Waals surface area contributed by atoms with Gasteiger partial charge in [-0.1, -0.05) is 6.92 Å². The van der Waals surface area contributed by atoms with Gasteiger partial charge in [0.1, 0.15) is 0 Å². The van der Waals surface area contributed by atoms with Crippen LogP contribution in [0.4, 0.5) is 0 Å². The second-order valence-electron chi connectivity index (χ2n) is 4.96. The van der Waals surface area contributed by atoms with Crippen LogP contribution >= 0.6 is 0 Å². The van der Waals surface area contributed by atoms with E-state index in [1.807, 2.05) is 25.7 Å². The van der Waals surface area contributed by atoms with E-state index >= 15 is 0 Å². The van der Waals surface area contributed by atoms with Crippen molar-refractivity contribution in [2.75, 3.05) is 19.6 Å². The van der Waals surface area contributed by atoms with Crippen molar-refractivity contribution in [1.29, 1.82) is 0 Å². The minimum Gasteiger partial charge on any atom is -0.342 e. The number of carbonyl (C=O) groups is 1. The summed E-state index contributed by atoms with van der Waals surface area (Å²) in [6, 6.07) is -0.0406. The second kappa shape index (κ2) is 6.24. The van der Waals surface area contributed by atoms with Gasteiger partial charge in [-0.2, -0.15) is 0 Å². The zero-order chi connectivity index (χ0) is 12.1. The molecule has 0 heterocycles. The van der Waals surface area contributed by atoms with Gasteiger partial charge in [0.05, 0.1) is 6.04 Å². The number of hydrogen-bond donors (Lipinski definition) is 1. The van der Waals surface area contributed by atoms with E-state index in [-0.39, 0.29) is 11.9 Å². The average molecular weight is 226 g/mol. The van der Waals surface area contributed by atoms with Gasteiger partial charge in [0.2, 0.25) is 5.91 Å². The van der Waals surface area contributed by atoms with Gasteiger partial charge in [-0.3, -0.25) is 4.79 Å². The molecule has 3 heteroatoms. The van der Waals surface area contributed by atoms with E-state index in [2.05, 4.69) is 12.2 Å². The molecule has 0 saturated heterocycles. The average Bonchev–Trinajstić information content (AvgIpc) is 3.10. The fraction of sp³-hybridized carbons (Fsp3) is 0.923. The first-order valence-corrected chi connectivity index (χ1v) is 6.62. The summed E-state index contributed by atoms with van der Waals surface area (Å²) in [5.74, 6) is 1.85. The summed E-state index contributed by atoms with van der Waals surface area (Å²) in [5, 5.41) is 3.36. The Balaban J connectivity index is 2.26. The van der Waals surface area contributed by atoms with Crippen molar-refractivity contribution in [1.82, 2.24) is 10.2 Å². The smallest absolute Gasteiger partial charge is 0.239 e. The molecule has 1 N–H and O–H groups in total. The number of likely N-dealkylation sites (N-methyl/N-ethyl adjacent to an activating group) is 1. The first-order valence-electron chi connectivity index (χ1n) is 6.62. The highest BCUT2D eigenvalue weighted by Crippen LogP contribution is 2.36. The lowest BCUT2D eigenvalue weighted by Crippen LogP contribution is -2.46. The van der Waals surface area contributed by atoms with Crippen molar-refractivity contribution in [2.24, 2.45) is 11.8 Å². The third-order valence-electron chi connectivity index (χ3n) is 3.62. The molecule has 0 spiro atoms. The molecular weight excluding hydrogens is 200 g/mol. The predicted octanol–water partition coefficient (Wildman–Crippen LogP) is 1.88. The fourth-order valence-electron chi connectivity index (χ4n) is 2.09. The van der Waals surface area contributed by atoms with Crippen molar-refractivity contribution in [3.8, 4) is 0 Å². The summed E-state index contributed by atoms with van der Waals surface area (Å²) >= 11 is 0. The van der Waals surface area contributed by atoms with E-state index in [0.29, 0.717) is 5.92 Å². The monoisotopic (exact) mass is 226 g/mol. The molecule has 1 rings (SSSR count). The maximum atomic E-state index is 12.0. The standard InChI is InChI=1S/C13H26N2O/c1-5-15(6-2)13(16)11(4)14-9-10(3)12-7-8-12/h10-12,14H,5-9H2,1-4H3. The molecule has 94 valence electrons. The Kier molecular flexibility index (Phi) is 5.26. The Morgan fingerprint density at radius 1 is 1.31 bits per heavy atom. The Labute approximate surface area is 99.6 Å². The summed E-state index contributed by atoms with van der Waals surface area (Å²) in [6.07, 6.45) is 2.75. The van der Waals surface area contributed by atoms with Crippen LogP contribution < -0.4 is 5.32 Å². The van der Waals surface area contributed by atoms with Crippen LogP contribution in [0, 0.1) is 11.8 Å². The molecule has 1 saturated carbocycles. The van der Waals surface area contributed by atoms with Gasteiger partial charge in [-0.05, 0) is 52.0 Å². The van der Waals surface area contributed by atoms with Gasteiger partial charge in [0.15, 0.2) is 0 Å². The van der Waals surface area contributed by atoms with E-state index in [1.165, 1.54) is 12.8 Å². The van der Waals surface area contributed by atoms with Gasteiger partial charge in [0.25, 0.3) is 0 Å². The van der Waals surface area contributed by atoms with E-state index in [1.54, 1.807) is 0 Å². The van der Waals surface area contributed by atoms with E-state index in [0.717, 1.165) is 25.6 Å². The number of hydrogen-bond acceptors (Lipinski definition) is 2. The zero-order valence-electron chi connectivity index (χ0n) is 11.1. The Hall–Kier alpha value is -0.570. The van der Waals surface area contributed by atoms with Crippen LogP contribution in [0.3, 0.4) is 0 Å². The highest BCUT2D eigenvalue weighted by Gasteiger charge is 2.28. The number of amides is 1. The number of nitrogens with one attached hydrogen (secondary N) is 1. The lowest BCUT2D eigenvalue weighted by molar-refractivity contribution is -0.132.